The Hall–Kier alpha value is -1.98. The fourth-order valence-electron chi connectivity index (χ4n) is 3.70. The van der Waals surface area contributed by atoms with Gasteiger partial charge in [0.05, 0.1) is 18.7 Å². The van der Waals surface area contributed by atoms with Crippen LogP contribution in [0.5, 0.6) is 0 Å². The predicted molar refractivity (Wildman–Crippen MR) is 90.4 cm³/mol. The lowest BCUT2D eigenvalue weighted by Crippen LogP contribution is -2.53. The van der Waals surface area contributed by atoms with Crippen LogP contribution in [0, 0.1) is 18.3 Å². The van der Waals surface area contributed by atoms with Gasteiger partial charge in [0.2, 0.25) is 11.8 Å². The third kappa shape index (κ3) is 4.17. The topological polar surface area (TPSA) is 98.3 Å². The Bertz CT molecular complexity index is 638. The number of piperazine rings is 1. The van der Waals surface area contributed by atoms with Crippen molar-refractivity contribution in [1.82, 2.24) is 25.3 Å². The molecule has 0 spiro atoms. The maximum Gasteiger partial charge on any atom is 0.243 e. The van der Waals surface area contributed by atoms with Crippen LogP contribution in [-0.2, 0) is 4.79 Å². The first-order valence-corrected chi connectivity index (χ1v) is 9.00. The second-order valence-corrected chi connectivity index (χ2v) is 7.12. The van der Waals surface area contributed by atoms with Crippen LogP contribution in [0.3, 0.4) is 0 Å². The molecule has 0 radical (unpaired) electrons. The van der Waals surface area contributed by atoms with Crippen molar-refractivity contribution in [2.45, 2.75) is 51.1 Å². The Morgan fingerprint density at radius 2 is 2.04 bits per heavy atom. The van der Waals surface area contributed by atoms with Crippen LogP contribution in [0.2, 0.25) is 0 Å². The zero-order chi connectivity index (χ0) is 17.9. The van der Waals surface area contributed by atoms with Gasteiger partial charge < -0.3 is 9.84 Å². The van der Waals surface area contributed by atoms with Crippen molar-refractivity contribution < 1.29 is 9.32 Å². The van der Waals surface area contributed by atoms with E-state index >= 15 is 0 Å². The first kappa shape index (κ1) is 17.8. The molecule has 1 atom stereocenters. The summed E-state index contributed by atoms with van der Waals surface area (Å²) >= 11 is 0. The van der Waals surface area contributed by atoms with Gasteiger partial charge in [-0.05, 0) is 39.5 Å². The summed E-state index contributed by atoms with van der Waals surface area (Å²) in [6.45, 7) is 7.54. The average molecular weight is 346 g/mol. The number of carbonyl (C=O) groups is 1. The summed E-state index contributed by atoms with van der Waals surface area (Å²) in [5.74, 6) is 1.24. The molecule has 1 aliphatic carbocycles. The van der Waals surface area contributed by atoms with Gasteiger partial charge >= 0.3 is 0 Å². The van der Waals surface area contributed by atoms with Crippen LogP contribution in [0.4, 0.5) is 0 Å². The summed E-state index contributed by atoms with van der Waals surface area (Å²) in [7, 11) is 0. The molecule has 25 heavy (non-hydrogen) atoms. The van der Waals surface area contributed by atoms with Crippen molar-refractivity contribution in [2.24, 2.45) is 0 Å². The number of nitrogens with one attached hydrogen (secondary N) is 1. The Morgan fingerprint density at radius 3 is 2.60 bits per heavy atom. The molecule has 2 aliphatic rings. The summed E-state index contributed by atoms with van der Waals surface area (Å²) in [4.78, 5) is 21.0. The van der Waals surface area contributed by atoms with Gasteiger partial charge in [0.1, 0.15) is 5.54 Å². The molecule has 2 fully saturated rings. The number of carbonyl (C=O) groups excluding carboxylic acids is 1. The monoisotopic (exact) mass is 346 g/mol. The number of aryl methyl sites for hydroxylation is 1. The number of nitriles is 1. The Labute approximate surface area is 148 Å². The second-order valence-electron chi connectivity index (χ2n) is 7.12. The van der Waals surface area contributed by atoms with Crippen molar-refractivity contribution in [3.63, 3.8) is 0 Å². The van der Waals surface area contributed by atoms with Crippen LogP contribution in [0.15, 0.2) is 4.52 Å². The van der Waals surface area contributed by atoms with Gasteiger partial charge in [-0.1, -0.05) is 5.16 Å². The van der Waals surface area contributed by atoms with Crippen LogP contribution in [0.25, 0.3) is 0 Å². The molecule has 8 nitrogen and oxygen atoms in total. The summed E-state index contributed by atoms with van der Waals surface area (Å²) in [5, 5.41) is 16.2. The minimum absolute atomic E-state index is 0.0440. The molecule has 0 unspecified atom stereocenters. The van der Waals surface area contributed by atoms with Gasteiger partial charge in [-0.3, -0.25) is 14.6 Å². The third-order valence-corrected chi connectivity index (χ3v) is 5.27. The summed E-state index contributed by atoms with van der Waals surface area (Å²) in [6, 6.07) is 2.39. The summed E-state index contributed by atoms with van der Waals surface area (Å²) in [5.41, 5.74) is -0.636. The smallest absolute Gasteiger partial charge is 0.243 e. The van der Waals surface area contributed by atoms with E-state index in [1.165, 1.54) is 0 Å². The summed E-state index contributed by atoms with van der Waals surface area (Å²) < 4.78 is 5.26. The molecule has 1 saturated heterocycles. The Morgan fingerprint density at radius 1 is 1.36 bits per heavy atom. The molecule has 1 N–H and O–H groups in total. The van der Waals surface area contributed by atoms with E-state index in [0.717, 1.165) is 51.9 Å². The molecule has 2 heterocycles. The van der Waals surface area contributed by atoms with Crippen LogP contribution in [-0.4, -0.2) is 64.1 Å². The van der Waals surface area contributed by atoms with E-state index < -0.39 is 5.54 Å². The quantitative estimate of drug-likeness (QED) is 0.849. The molecular weight excluding hydrogens is 320 g/mol. The van der Waals surface area contributed by atoms with E-state index in [-0.39, 0.29) is 11.9 Å². The molecule has 136 valence electrons. The maximum absolute atomic E-state index is 12.3. The highest BCUT2D eigenvalue weighted by molar-refractivity contribution is 5.79. The standard InChI is InChI=1S/C17H26N6O2/c1-13(16-19-14(2)21-25-16)23-9-7-22(8-10-23)11-15(24)20-17(12-18)5-3-4-6-17/h13H,3-11H2,1-2H3,(H,20,24)/t13-/m0/s1. The van der Waals surface area contributed by atoms with Crippen LogP contribution < -0.4 is 5.32 Å². The van der Waals surface area contributed by atoms with Crippen molar-refractivity contribution >= 4 is 5.91 Å². The van der Waals surface area contributed by atoms with Crippen molar-refractivity contribution in [1.29, 1.82) is 5.26 Å². The highest BCUT2D eigenvalue weighted by atomic mass is 16.5. The highest BCUT2D eigenvalue weighted by Crippen LogP contribution is 2.28. The molecule has 3 rings (SSSR count). The number of hydrogen-bond donors (Lipinski definition) is 1. The van der Waals surface area contributed by atoms with Gasteiger partial charge in [-0.25, -0.2) is 0 Å². The number of rotatable bonds is 5. The number of hydrogen-bond acceptors (Lipinski definition) is 7. The number of aromatic nitrogens is 2. The molecule has 1 saturated carbocycles. The van der Waals surface area contributed by atoms with Gasteiger partial charge in [-0.15, -0.1) is 0 Å². The van der Waals surface area contributed by atoms with Gasteiger partial charge in [0, 0.05) is 26.2 Å². The van der Waals surface area contributed by atoms with Gasteiger partial charge in [-0.2, -0.15) is 10.2 Å². The third-order valence-electron chi connectivity index (χ3n) is 5.27. The molecule has 1 amide bonds. The predicted octanol–water partition coefficient (Wildman–Crippen LogP) is 1.01. The number of amides is 1. The maximum atomic E-state index is 12.3. The minimum atomic E-state index is -0.636. The lowest BCUT2D eigenvalue weighted by Gasteiger charge is -2.36. The largest absolute Gasteiger partial charge is 0.338 e. The molecule has 1 aliphatic heterocycles. The highest BCUT2D eigenvalue weighted by Gasteiger charge is 2.36. The SMILES string of the molecule is Cc1noc([C@H](C)N2CCN(CC(=O)NC3(C#N)CCCC3)CC2)n1. The average Bonchev–Trinajstić information content (AvgIpc) is 3.24. The van der Waals surface area contributed by atoms with Crippen molar-refractivity contribution in [2.75, 3.05) is 32.7 Å². The molecule has 0 bridgehead atoms. The molecule has 8 heteroatoms. The Kier molecular flexibility index (Phi) is 5.35. The van der Waals surface area contributed by atoms with Crippen LogP contribution >= 0.6 is 0 Å². The molecule has 1 aromatic rings. The number of nitrogens with zero attached hydrogens (tertiary/aromatic N) is 5. The van der Waals surface area contributed by atoms with E-state index in [4.69, 9.17) is 4.52 Å². The fourth-order valence-corrected chi connectivity index (χ4v) is 3.70. The van der Waals surface area contributed by atoms with Crippen molar-refractivity contribution in [3.8, 4) is 6.07 Å². The summed E-state index contributed by atoms with van der Waals surface area (Å²) in [6.07, 6.45) is 3.56. The molecular formula is C17H26N6O2. The van der Waals surface area contributed by atoms with Gasteiger partial charge in [0.15, 0.2) is 5.82 Å². The molecule has 0 aromatic carbocycles. The first-order chi connectivity index (χ1) is 12.0. The molecule has 1 aromatic heterocycles. The van der Waals surface area contributed by atoms with E-state index in [0.29, 0.717) is 18.3 Å². The second kappa shape index (κ2) is 7.50. The Balaban J connectivity index is 1.46. The fraction of sp³-hybridized carbons (Fsp3) is 0.765. The zero-order valence-corrected chi connectivity index (χ0v) is 15.0. The first-order valence-electron chi connectivity index (χ1n) is 9.00. The minimum Gasteiger partial charge on any atom is -0.338 e. The van der Waals surface area contributed by atoms with Crippen LogP contribution in [0.1, 0.15) is 50.4 Å². The normalized spacial score (nSPS) is 22.4. The van der Waals surface area contributed by atoms with Gasteiger partial charge in [0.25, 0.3) is 0 Å². The lowest BCUT2D eigenvalue weighted by molar-refractivity contribution is -0.124. The lowest BCUT2D eigenvalue weighted by atomic mass is 10.00. The van der Waals surface area contributed by atoms with E-state index in [1.54, 1.807) is 0 Å². The van der Waals surface area contributed by atoms with E-state index in [2.05, 4.69) is 38.3 Å². The van der Waals surface area contributed by atoms with E-state index in [1.807, 2.05) is 6.92 Å². The van der Waals surface area contributed by atoms with Crippen molar-refractivity contribution in [3.05, 3.63) is 11.7 Å². The zero-order valence-electron chi connectivity index (χ0n) is 15.0. The van der Waals surface area contributed by atoms with E-state index in [9.17, 15) is 10.1 Å².